The molecule has 1 fully saturated rings. The van der Waals surface area contributed by atoms with Crippen molar-refractivity contribution in [2.24, 2.45) is 5.92 Å². The van der Waals surface area contributed by atoms with Crippen LogP contribution >= 0.6 is 0 Å². The lowest BCUT2D eigenvalue weighted by Crippen LogP contribution is -2.42. The number of nitrogens with zero attached hydrogens (tertiary/aromatic N) is 1. The number of ether oxygens (including phenoxy) is 2. The summed E-state index contributed by atoms with van der Waals surface area (Å²) in [6.07, 6.45) is 1.07. The van der Waals surface area contributed by atoms with Gasteiger partial charge in [-0.25, -0.2) is 9.59 Å². The van der Waals surface area contributed by atoms with E-state index in [-0.39, 0.29) is 12.2 Å². The summed E-state index contributed by atoms with van der Waals surface area (Å²) in [6, 6.07) is 0. The largest absolute Gasteiger partial charge is 0.453 e. The number of alkyl carbamates (subject to hydrolysis) is 1. The number of methoxy groups -OCH3 is 1. The SMILES string of the molecule is COC(=O)N1CCC(CNC(=O)OC(C)(C)C)CC1. The highest BCUT2D eigenvalue weighted by Crippen LogP contribution is 2.17. The summed E-state index contributed by atoms with van der Waals surface area (Å²) in [6.45, 7) is 7.44. The molecule has 0 bridgehead atoms. The van der Waals surface area contributed by atoms with Crippen molar-refractivity contribution in [1.29, 1.82) is 0 Å². The van der Waals surface area contributed by atoms with Gasteiger partial charge >= 0.3 is 12.2 Å². The zero-order valence-electron chi connectivity index (χ0n) is 12.2. The van der Waals surface area contributed by atoms with Crippen LogP contribution in [0.2, 0.25) is 0 Å². The molecular formula is C13H24N2O4. The van der Waals surface area contributed by atoms with Crippen molar-refractivity contribution >= 4 is 12.2 Å². The smallest absolute Gasteiger partial charge is 0.409 e. The van der Waals surface area contributed by atoms with Crippen molar-refractivity contribution < 1.29 is 19.1 Å². The molecule has 6 heteroatoms. The molecule has 0 spiro atoms. The molecular weight excluding hydrogens is 248 g/mol. The Kier molecular flexibility index (Phi) is 5.44. The van der Waals surface area contributed by atoms with Gasteiger partial charge in [-0.15, -0.1) is 0 Å². The van der Waals surface area contributed by atoms with Crippen LogP contribution in [-0.2, 0) is 9.47 Å². The van der Waals surface area contributed by atoms with E-state index in [9.17, 15) is 9.59 Å². The van der Waals surface area contributed by atoms with Gasteiger partial charge in [0.1, 0.15) is 5.60 Å². The predicted molar refractivity (Wildman–Crippen MR) is 70.9 cm³/mol. The third-order valence-electron chi connectivity index (χ3n) is 2.98. The monoisotopic (exact) mass is 272 g/mol. The second-order valence-electron chi connectivity index (χ2n) is 5.78. The van der Waals surface area contributed by atoms with Crippen LogP contribution in [0.15, 0.2) is 0 Å². The Hall–Kier alpha value is -1.46. The summed E-state index contributed by atoms with van der Waals surface area (Å²) in [4.78, 5) is 24.5. The molecule has 0 atom stereocenters. The molecule has 0 saturated carbocycles. The third-order valence-corrected chi connectivity index (χ3v) is 2.98. The normalized spacial score (nSPS) is 16.9. The van der Waals surface area contributed by atoms with E-state index in [1.807, 2.05) is 20.8 Å². The van der Waals surface area contributed by atoms with Gasteiger partial charge in [0.15, 0.2) is 0 Å². The molecule has 1 heterocycles. The average Bonchev–Trinajstić information content (AvgIpc) is 2.34. The van der Waals surface area contributed by atoms with Crippen molar-refractivity contribution in [3.05, 3.63) is 0 Å². The van der Waals surface area contributed by atoms with Gasteiger partial charge in [-0.3, -0.25) is 0 Å². The van der Waals surface area contributed by atoms with Crippen LogP contribution in [0.3, 0.4) is 0 Å². The number of piperidine rings is 1. The number of hydrogen-bond acceptors (Lipinski definition) is 4. The summed E-state index contributed by atoms with van der Waals surface area (Å²) < 4.78 is 9.85. The molecule has 0 aromatic rings. The second-order valence-corrected chi connectivity index (χ2v) is 5.78. The molecule has 1 aliphatic rings. The molecule has 0 aromatic heterocycles. The number of hydrogen-bond donors (Lipinski definition) is 1. The molecule has 0 aliphatic carbocycles. The number of carbonyl (C=O) groups excluding carboxylic acids is 2. The van der Waals surface area contributed by atoms with Crippen LogP contribution in [0, 0.1) is 5.92 Å². The van der Waals surface area contributed by atoms with Gasteiger partial charge in [0.05, 0.1) is 7.11 Å². The van der Waals surface area contributed by atoms with E-state index in [2.05, 4.69) is 10.1 Å². The first-order valence-electron chi connectivity index (χ1n) is 6.61. The number of rotatable bonds is 2. The number of nitrogens with one attached hydrogen (secondary N) is 1. The van der Waals surface area contributed by atoms with Crippen molar-refractivity contribution in [3.63, 3.8) is 0 Å². The zero-order valence-corrected chi connectivity index (χ0v) is 12.2. The molecule has 0 unspecified atom stereocenters. The summed E-state index contributed by atoms with van der Waals surface area (Å²) in [5, 5.41) is 2.77. The van der Waals surface area contributed by atoms with Crippen molar-refractivity contribution in [1.82, 2.24) is 10.2 Å². The fourth-order valence-corrected chi connectivity index (χ4v) is 1.99. The number of carbonyl (C=O) groups is 2. The Bertz CT molecular complexity index is 317. The first-order valence-corrected chi connectivity index (χ1v) is 6.61. The summed E-state index contributed by atoms with van der Waals surface area (Å²) in [7, 11) is 1.39. The summed E-state index contributed by atoms with van der Waals surface area (Å²) in [5.74, 6) is 0.383. The highest BCUT2D eigenvalue weighted by Gasteiger charge is 2.24. The first-order chi connectivity index (χ1) is 8.81. The molecule has 1 saturated heterocycles. The average molecular weight is 272 g/mol. The Labute approximate surface area is 114 Å². The zero-order chi connectivity index (χ0) is 14.5. The highest BCUT2D eigenvalue weighted by atomic mass is 16.6. The van der Waals surface area contributed by atoms with Crippen molar-refractivity contribution in [3.8, 4) is 0 Å². The Morgan fingerprint density at radius 1 is 1.26 bits per heavy atom. The van der Waals surface area contributed by atoms with Gasteiger partial charge in [0.2, 0.25) is 0 Å². The minimum atomic E-state index is -0.474. The van der Waals surface area contributed by atoms with E-state index >= 15 is 0 Å². The topological polar surface area (TPSA) is 67.9 Å². The predicted octanol–water partition coefficient (Wildman–Crippen LogP) is 1.99. The molecule has 110 valence electrons. The lowest BCUT2D eigenvalue weighted by molar-refractivity contribution is 0.0506. The maximum atomic E-state index is 11.5. The minimum absolute atomic E-state index is 0.279. The van der Waals surface area contributed by atoms with E-state index in [4.69, 9.17) is 4.74 Å². The Balaban J connectivity index is 2.23. The Morgan fingerprint density at radius 2 is 1.84 bits per heavy atom. The van der Waals surface area contributed by atoms with E-state index in [0.717, 1.165) is 12.8 Å². The van der Waals surface area contributed by atoms with E-state index in [1.54, 1.807) is 4.90 Å². The Morgan fingerprint density at radius 3 is 2.32 bits per heavy atom. The first kappa shape index (κ1) is 15.6. The van der Waals surface area contributed by atoms with Crippen LogP contribution in [-0.4, -0.2) is 49.4 Å². The molecule has 1 aliphatic heterocycles. The van der Waals surface area contributed by atoms with Gasteiger partial charge in [-0.2, -0.15) is 0 Å². The van der Waals surface area contributed by atoms with Crippen LogP contribution < -0.4 is 5.32 Å². The fourth-order valence-electron chi connectivity index (χ4n) is 1.99. The minimum Gasteiger partial charge on any atom is -0.453 e. The molecule has 19 heavy (non-hydrogen) atoms. The molecule has 0 radical (unpaired) electrons. The maximum Gasteiger partial charge on any atom is 0.409 e. The quantitative estimate of drug-likeness (QED) is 0.834. The van der Waals surface area contributed by atoms with Crippen LogP contribution in [0.1, 0.15) is 33.6 Å². The second kappa shape index (κ2) is 6.63. The standard InChI is InChI=1S/C13H24N2O4/c1-13(2,3)19-11(16)14-9-10-5-7-15(8-6-10)12(17)18-4/h10H,5-9H2,1-4H3,(H,14,16). The lowest BCUT2D eigenvalue weighted by Gasteiger charge is -2.31. The van der Waals surface area contributed by atoms with E-state index in [0.29, 0.717) is 25.6 Å². The number of likely N-dealkylation sites (tertiary alicyclic amines) is 1. The van der Waals surface area contributed by atoms with Crippen molar-refractivity contribution in [2.45, 2.75) is 39.2 Å². The van der Waals surface area contributed by atoms with Crippen LogP contribution in [0.25, 0.3) is 0 Å². The highest BCUT2D eigenvalue weighted by molar-refractivity contribution is 5.68. The van der Waals surface area contributed by atoms with Crippen LogP contribution in [0.4, 0.5) is 9.59 Å². The van der Waals surface area contributed by atoms with Gasteiger partial charge in [0, 0.05) is 19.6 Å². The third kappa shape index (κ3) is 5.81. The van der Waals surface area contributed by atoms with Crippen LogP contribution in [0.5, 0.6) is 0 Å². The van der Waals surface area contributed by atoms with E-state index < -0.39 is 5.60 Å². The van der Waals surface area contributed by atoms with Gasteiger partial charge in [-0.1, -0.05) is 0 Å². The van der Waals surface area contributed by atoms with Gasteiger partial charge < -0.3 is 19.7 Å². The lowest BCUT2D eigenvalue weighted by atomic mass is 9.97. The van der Waals surface area contributed by atoms with Gasteiger partial charge in [0.25, 0.3) is 0 Å². The number of amides is 2. The molecule has 6 nitrogen and oxygen atoms in total. The molecule has 1 N–H and O–H groups in total. The molecule has 1 rings (SSSR count). The van der Waals surface area contributed by atoms with Gasteiger partial charge in [-0.05, 0) is 39.5 Å². The summed E-state index contributed by atoms with van der Waals surface area (Å²) in [5.41, 5.74) is -0.474. The molecule has 0 aromatic carbocycles. The fraction of sp³-hybridized carbons (Fsp3) is 0.846. The molecule has 2 amide bonds. The maximum absolute atomic E-state index is 11.5. The summed E-state index contributed by atoms with van der Waals surface area (Å²) >= 11 is 0. The van der Waals surface area contributed by atoms with E-state index in [1.165, 1.54) is 7.11 Å². The van der Waals surface area contributed by atoms with Crippen molar-refractivity contribution in [2.75, 3.05) is 26.7 Å².